The zero-order valence-corrected chi connectivity index (χ0v) is 23.0. The monoisotopic (exact) mass is 559 g/mol. The van der Waals surface area contributed by atoms with Crippen LogP contribution in [0, 0.1) is 5.41 Å². The number of anilines is 1. The molecule has 2 heterocycles. The molecule has 2 aliphatic heterocycles. The van der Waals surface area contributed by atoms with Gasteiger partial charge in [0.15, 0.2) is 17.3 Å². The van der Waals surface area contributed by atoms with Crippen molar-refractivity contribution in [3.63, 3.8) is 0 Å². The molecule has 0 N–H and O–H groups in total. The number of benzene rings is 4. The fraction of sp³-hybridized carbons (Fsp3) is 0.171. The van der Waals surface area contributed by atoms with Crippen LogP contribution in [0.5, 0.6) is 5.75 Å². The topological polar surface area (TPSA) is 63.7 Å². The minimum atomic E-state index is -1.58. The number of carbonyl (C=O) groups excluding carboxylic acids is 3. The van der Waals surface area contributed by atoms with Gasteiger partial charge >= 0.3 is 0 Å². The van der Waals surface area contributed by atoms with Crippen molar-refractivity contribution < 1.29 is 19.1 Å². The second kappa shape index (κ2) is 9.57. The summed E-state index contributed by atoms with van der Waals surface area (Å²) in [4.78, 5) is 46.2. The largest absolute Gasteiger partial charge is 0.494 e. The SMILES string of the molecule is CCOc1ccccc1[C@@H]1[C@H](C(=O)c2ccccc2)N2c3ccc(Cl)cc3C=C[C@@H]2C12C(=O)c1ccccc1C2=O. The summed E-state index contributed by atoms with van der Waals surface area (Å²) in [5, 5.41) is 0.561. The molecule has 0 bridgehead atoms. The molecule has 1 saturated heterocycles. The third-order valence-electron chi connectivity index (χ3n) is 8.65. The summed E-state index contributed by atoms with van der Waals surface area (Å²) in [6.07, 6.45) is 3.81. The lowest BCUT2D eigenvalue weighted by Crippen LogP contribution is -2.48. The molecular weight excluding hydrogens is 534 g/mol. The number of Topliss-reactive ketones (excluding diaryl/α,β-unsaturated/α-hetero) is 3. The highest BCUT2D eigenvalue weighted by Crippen LogP contribution is 2.62. The summed E-state index contributed by atoms with van der Waals surface area (Å²) in [5.41, 5.74) is 1.94. The Morgan fingerprint density at radius 1 is 0.878 bits per heavy atom. The second-order valence-corrected chi connectivity index (χ2v) is 11.0. The predicted octanol–water partition coefficient (Wildman–Crippen LogP) is 7.06. The molecule has 4 aromatic rings. The lowest BCUT2D eigenvalue weighted by molar-refractivity contribution is 0.0664. The molecule has 1 aliphatic carbocycles. The number of hydrogen-bond donors (Lipinski definition) is 0. The zero-order valence-electron chi connectivity index (χ0n) is 22.3. The number of halogens is 1. The lowest BCUT2D eigenvalue weighted by atomic mass is 9.64. The van der Waals surface area contributed by atoms with E-state index in [0.717, 1.165) is 11.3 Å². The van der Waals surface area contributed by atoms with E-state index in [2.05, 4.69) is 0 Å². The van der Waals surface area contributed by atoms with Crippen molar-refractivity contribution in [1.82, 2.24) is 0 Å². The van der Waals surface area contributed by atoms with Crippen LogP contribution in [0.4, 0.5) is 5.69 Å². The first-order chi connectivity index (χ1) is 20.0. The van der Waals surface area contributed by atoms with Crippen LogP contribution >= 0.6 is 11.6 Å². The zero-order chi connectivity index (χ0) is 28.3. The first-order valence-corrected chi connectivity index (χ1v) is 14.1. The Balaban J connectivity index is 1.57. The van der Waals surface area contributed by atoms with Crippen molar-refractivity contribution in [1.29, 1.82) is 0 Å². The highest BCUT2D eigenvalue weighted by atomic mass is 35.5. The van der Waals surface area contributed by atoms with Crippen LogP contribution in [0.3, 0.4) is 0 Å². The van der Waals surface area contributed by atoms with E-state index in [0.29, 0.717) is 39.6 Å². The Morgan fingerprint density at radius 3 is 2.24 bits per heavy atom. The molecular formula is C35H26ClNO4. The van der Waals surface area contributed by atoms with Crippen LogP contribution in [-0.2, 0) is 0 Å². The van der Waals surface area contributed by atoms with Gasteiger partial charge in [-0.25, -0.2) is 0 Å². The minimum Gasteiger partial charge on any atom is -0.494 e. The molecule has 0 saturated carbocycles. The molecule has 4 aromatic carbocycles. The van der Waals surface area contributed by atoms with Crippen LogP contribution < -0.4 is 9.64 Å². The van der Waals surface area contributed by atoms with Crippen LogP contribution in [0.15, 0.2) is 103 Å². The number of carbonyl (C=O) groups is 3. The van der Waals surface area contributed by atoms with E-state index in [1.54, 1.807) is 42.5 Å². The summed E-state index contributed by atoms with van der Waals surface area (Å²) >= 11 is 6.38. The second-order valence-electron chi connectivity index (χ2n) is 10.6. The molecule has 3 atom stereocenters. The van der Waals surface area contributed by atoms with Crippen molar-refractivity contribution in [2.75, 3.05) is 11.5 Å². The Hall–Kier alpha value is -4.48. The number of rotatable bonds is 5. The van der Waals surface area contributed by atoms with Gasteiger partial charge in [0.05, 0.1) is 12.6 Å². The van der Waals surface area contributed by atoms with Gasteiger partial charge in [-0.3, -0.25) is 14.4 Å². The number of ketones is 3. The fourth-order valence-corrected chi connectivity index (χ4v) is 7.27. The maximum Gasteiger partial charge on any atom is 0.185 e. The number of fused-ring (bicyclic) bond motifs is 5. The van der Waals surface area contributed by atoms with E-state index in [9.17, 15) is 14.4 Å². The molecule has 0 radical (unpaired) electrons. The van der Waals surface area contributed by atoms with E-state index in [-0.39, 0.29) is 17.3 Å². The maximum atomic E-state index is 14.8. The van der Waals surface area contributed by atoms with Crippen molar-refractivity contribution in [3.8, 4) is 5.75 Å². The standard InChI is InChI=1S/C35H26ClNO4/c1-2-41-28-15-9-8-14-26(28)30-31(32(38)21-10-4-3-5-11-21)37-27-18-17-23(36)20-22(27)16-19-29(37)35(30)33(39)24-12-6-7-13-25(24)34(35)40/h3-20,29-31H,2H2,1H3/t29-,30-,31-/m1/s1. The Labute approximate surface area is 243 Å². The predicted molar refractivity (Wildman–Crippen MR) is 159 cm³/mol. The van der Waals surface area contributed by atoms with Gasteiger partial charge in [0.25, 0.3) is 0 Å². The molecule has 0 unspecified atom stereocenters. The summed E-state index contributed by atoms with van der Waals surface area (Å²) in [6, 6.07) is 27.4. The van der Waals surface area contributed by atoms with Gasteiger partial charge in [-0.15, -0.1) is 0 Å². The van der Waals surface area contributed by atoms with E-state index in [1.807, 2.05) is 78.6 Å². The number of ether oxygens (including phenoxy) is 1. The molecule has 3 aliphatic rings. The van der Waals surface area contributed by atoms with Gasteiger partial charge in [0, 0.05) is 38.9 Å². The number of nitrogens with zero attached hydrogens (tertiary/aromatic N) is 1. The van der Waals surface area contributed by atoms with Crippen LogP contribution in [0.2, 0.25) is 5.02 Å². The van der Waals surface area contributed by atoms with E-state index < -0.39 is 23.4 Å². The Bertz CT molecular complexity index is 1730. The van der Waals surface area contributed by atoms with Crippen molar-refractivity contribution in [2.24, 2.45) is 5.41 Å². The first-order valence-electron chi connectivity index (χ1n) is 13.7. The molecule has 41 heavy (non-hydrogen) atoms. The molecule has 0 aromatic heterocycles. The summed E-state index contributed by atoms with van der Waals surface area (Å²) in [6.45, 7) is 2.28. The van der Waals surface area contributed by atoms with Crippen LogP contribution in [0.1, 0.15) is 55.0 Å². The summed E-state index contributed by atoms with van der Waals surface area (Å²) in [5.74, 6) is -0.982. The van der Waals surface area contributed by atoms with Crippen molar-refractivity contribution >= 4 is 40.7 Å². The van der Waals surface area contributed by atoms with E-state index >= 15 is 0 Å². The van der Waals surface area contributed by atoms with Gasteiger partial charge in [0.2, 0.25) is 0 Å². The van der Waals surface area contributed by atoms with Gasteiger partial charge in [-0.1, -0.05) is 96.5 Å². The Kier molecular flexibility index (Phi) is 5.95. The maximum absolute atomic E-state index is 14.8. The van der Waals surface area contributed by atoms with Gasteiger partial charge in [0.1, 0.15) is 17.2 Å². The number of para-hydroxylation sites is 1. The van der Waals surface area contributed by atoms with Gasteiger partial charge < -0.3 is 9.64 Å². The molecule has 6 heteroatoms. The normalized spacial score (nSPS) is 21.5. The van der Waals surface area contributed by atoms with E-state index in [4.69, 9.17) is 16.3 Å². The van der Waals surface area contributed by atoms with Crippen LogP contribution in [-0.4, -0.2) is 36.0 Å². The fourth-order valence-electron chi connectivity index (χ4n) is 7.09. The van der Waals surface area contributed by atoms with E-state index in [1.165, 1.54) is 0 Å². The smallest absolute Gasteiger partial charge is 0.185 e. The van der Waals surface area contributed by atoms with Gasteiger partial charge in [-0.2, -0.15) is 0 Å². The summed E-state index contributed by atoms with van der Waals surface area (Å²) in [7, 11) is 0. The molecule has 7 rings (SSSR count). The van der Waals surface area contributed by atoms with Crippen LogP contribution in [0.25, 0.3) is 6.08 Å². The first kappa shape index (κ1) is 25.5. The molecule has 202 valence electrons. The molecule has 1 spiro atoms. The average Bonchev–Trinajstić information content (AvgIpc) is 3.43. The minimum absolute atomic E-state index is 0.170. The highest BCUT2D eigenvalue weighted by Gasteiger charge is 2.71. The third-order valence-corrected chi connectivity index (χ3v) is 8.88. The third kappa shape index (κ3) is 3.52. The van der Waals surface area contributed by atoms with Crippen molar-refractivity contribution in [2.45, 2.75) is 24.9 Å². The van der Waals surface area contributed by atoms with Gasteiger partial charge in [-0.05, 0) is 36.8 Å². The lowest BCUT2D eigenvalue weighted by Gasteiger charge is -2.37. The van der Waals surface area contributed by atoms with Crippen molar-refractivity contribution in [3.05, 3.63) is 136 Å². The molecule has 1 fully saturated rings. The summed E-state index contributed by atoms with van der Waals surface area (Å²) < 4.78 is 6.08. The quantitative estimate of drug-likeness (QED) is 0.193. The average molecular weight is 560 g/mol. The highest BCUT2D eigenvalue weighted by molar-refractivity contribution is 6.32. The molecule has 5 nitrogen and oxygen atoms in total. The molecule has 0 amide bonds. The Morgan fingerprint density at radius 2 is 1.54 bits per heavy atom. The number of hydrogen-bond acceptors (Lipinski definition) is 5.